The van der Waals surface area contributed by atoms with Gasteiger partial charge in [0.1, 0.15) is 0 Å². The van der Waals surface area contributed by atoms with Gasteiger partial charge in [-0.15, -0.1) is 0 Å². The Morgan fingerprint density at radius 2 is 2.33 bits per heavy atom. The van der Waals surface area contributed by atoms with Crippen molar-refractivity contribution in [3.8, 4) is 0 Å². The van der Waals surface area contributed by atoms with Crippen LogP contribution in [0.5, 0.6) is 0 Å². The highest BCUT2D eigenvalue weighted by molar-refractivity contribution is 5.99. The molecule has 2 amide bonds. The van der Waals surface area contributed by atoms with Gasteiger partial charge in [0.15, 0.2) is 0 Å². The minimum absolute atomic E-state index is 0.0303. The van der Waals surface area contributed by atoms with Gasteiger partial charge in [0.2, 0.25) is 23.5 Å². The molecular formula is C8H10N4O3. The van der Waals surface area contributed by atoms with Crippen molar-refractivity contribution < 1.29 is 14.2 Å². The molecular weight excluding hydrogens is 200 g/mol. The number of amides is 2. The first kappa shape index (κ1) is 9.63. The molecule has 0 radical (unpaired) electrons. The quantitative estimate of drug-likeness (QED) is 0.750. The van der Waals surface area contributed by atoms with E-state index >= 15 is 0 Å². The van der Waals surface area contributed by atoms with E-state index in [4.69, 9.17) is 0 Å². The maximum absolute atomic E-state index is 11.4. The second-order valence-corrected chi connectivity index (χ2v) is 3.27. The van der Waals surface area contributed by atoms with E-state index in [1.807, 2.05) is 0 Å². The van der Waals surface area contributed by atoms with Crippen LogP contribution in [0, 0.1) is 0 Å². The average molecular weight is 210 g/mol. The van der Waals surface area contributed by atoms with Crippen LogP contribution in [0.1, 0.15) is 19.8 Å². The van der Waals surface area contributed by atoms with Gasteiger partial charge in [0.05, 0.1) is 0 Å². The van der Waals surface area contributed by atoms with E-state index in [1.54, 1.807) is 0 Å². The fourth-order valence-corrected chi connectivity index (χ4v) is 1.48. The van der Waals surface area contributed by atoms with Crippen molar-refractivity contribution in [3.63, 3.8) is 0 Å². The van der Waals surface area contributed by atoms with Crippen molar-refractivity contribution in [1.29, 1.82) is 0 Å². The van der Waals surface area contributed by atoms with E-state index in [-0.39, 0.29) is 23.5 Å². The molecule has 0 bridgehead atoms. The van der Waals surface area contributed by atoms with Crippen molar-refractivity contribution in [2.75, 3.05) is 16.8 Å². The summed E-state index contributed by atoms with van der Waals surface area (Å²) in [6, 6.07) is 0. The zero-order valence-electron chi connectivity index (χ0n) is 8.19. The van der Waals surface area contributed by atoms with Gasteiger partial charge in [-0.25, -0.2) is 4.63 Å². The van der Waals surface area contributed by atoms with Crippen LogP contribution >= 0.6 is 0 Å². The standard InChI is InChI=1S/C8H10N4O3/c1-5(13)9-7-8(11-15-10-7)12-4-2-3-6(12)14/h2-4H2,1H3,(H,9,10,13). The molecule has 0 saturated carbocycles. The summed E-state index contributed by atoms with van der Waals surface area (Å²) in [4.78, 5) is 23.7. The van der Waals surface area contributed by atoms with Gasteiger partial charge in [-0.3, -0.25) is 14.5 Å². The molecule has 0 aromatic carbocycles. The van der Waals surface area contributed by atoms with E-state index in [1.165, 1.54) is 11.8 Å². The summed E-state index contributed by atoms with van der Waals surface area (Å²) >= 11 is 0. The van der Waals surface area contributed by atoms with E-state index in [2.05, 4.69) is 20.3 Å². The Kier molecular flexibility index (Phi) is 2.36. The van der Waals surface area contributed by atoms with Gasteiger partial charge in [0.25, 0.3) is 0 Å². The van der Waals surface area contributed by atoms with Crippen LogP contribution in [0.4, 0.5) is 11.6 Å². The molecule has 7 heteroatoms. The number of nitrogens with zero attached hydrogens (tertiary/aromatic N) is 3. The summed E-state index contributed by atoms with van der Waals surface area (Å²) in [6.07, 6.45) is 1.28. The van der Waals surface area contributed by atoms with Crippen LogP contribution in [0.15, 0.2) is 4.63 Å². The summed E-state index contributed by atoms with van der Waals surface area (Å²) < 4.78 is 4.50. The van der Waals surface area contributed by atoms with Crippen LogP contribution in [0.25, 0.3) is 0 Å². The number of aromatic nitrogens is 2. The minimum atomic E-state index is -0.279. The molecule has 0 aliphatic carbocycles. The molecule has 0 unspecified atom stereocenters. The SMILES string of the molecule is CC(=O)Nc1nonc1N1CCCC1=O. The maximum atomic E-state index is 11.4. The van der Waals surface area contributed by atoms with Crippen LogP contribution in [-0.2, 0) is 9.59 Å². The van der Waals surface area contributed by atoms with E-state index in [9.17, 15) is 9.59 Å². The van der Waals surface area contributed by atoms with Gasteiger partial charge < -0.3 is 5.32 Å². The first-order valence-corrected chi connectivity index (χ1v) is 4.59. The van der Waals surface area contributed by atoms with E-state index in [0.29, 0.717) is 13.0 Å². The van der Waals surface area contributed by atoms with Gasteiger partial charge in [0, 0.05) is 19.9 Å². The number of rotatable bonds is 2. The van der Waals surface area contributed by atoms with Gasteiger partial charge in [-0.1, -0.05) is 0 Å². The van der Waals surface area contributed by atoms with Crippen molar-refractivity contribution in [3.05, 3.63) is 0 Å². The Balaban J connectivity index is 2.24. The molecule has 2 heterocycles. The molecule has 1 saturated heterocycles. The molecule has 15 heavy (non-hydrogen) atoms. The highest BCUT2D eigenvalue weighted by Gasteiger charge is 2.28. The fourth-order valence-electron chi connectivity index (χ4n) is 1.48. The summed E-state index contributed by atoms with van der Waals surface area (Å²) in [5, 5.41) is 9.58. The Labute approximate surface area is 85.4 Å². The summed E-state index contributed by atoms with van der Waals surface area (Å²) in [6.45, 7) is 1.93. The molecule has 1 aromatic heterocycles. The molecule has 1 aliphatic heterocycles. The molecule has 1 aliphatic rings. The van der Waals surface area contributed by atoms with Crippen LogP contribution in [0.3, 0.4) is 0 Å². The second kappa shape index (κ2) is 3.68. The fraction of sp³-hybridized carbons (Fsp3) is 0.500. The molecule has 2 rings (SSSR count). The number of nitrogens with one attached hydrogen (secondary N) is 1. The highest BCUT2D eigenvalue weighted by atomic mass is 16.6. The lowest BCUT2D eigenvalue weighted by Crippen LogP contribution is -2.25. The van der Waals surface area contributed by atoms with Gasteiger partial charge in [-0.2, -0.15) is 0 Å². The van der Waals surface area contributed by atoms with Gasteiger partial charge in [-0.05, 0) is 16.7 Å². The van der Waals surface area contributed by atoms with Crippen molar-refractivity contribution in [2.45, 2.75) is 19.8 Å². The van der Waals surface area contributed by atoms with Crippen LogP contribution < -0.4 is 10.2 Å². The predicted molar refractivity (Wildman–Crippen MR) is 50.2 cm³/mol. The predicted octanol–water partition coefficient (Wildman–Crippen LogP) is 0.155. The topological polar surface area (TPSA) is 88.3 Å². The van der Waals surface area contributed by atoms with Crippen molar-refractivity contribution in [1.82, 2.24) is 10.3 Å². The molecule has 1 aromatic rings. The zero-order valence-corrected chi connectivity index (χ0v) is 8.19. The molecule has 1 N–H and O–H groups in total. The smallest absolute Gasteiger partial charge is 0.228 e. The number of carbonyl (C=O) groups is 2. The third kappa shape index (κ3) is 1.80. The Hall–Kier alpha value is -1.92. The monoisotopic (exact) mass is 210 g/mol. The Morgan fingerprint density at radius 1 is 1.53 bits per heavy atom. The first-order chi connectivity index (χ1) is 7.18. The van der Waals surface area contributed by atoms with Crippen LogP contribution in [-0.4, -0.2) is 28.7 Å². The lowest BCUT2D eigenvalue weighted by Gasteiger charge is -2.11. The molecule has 1 fully saturated rings. The normalized spacial score (nSPS) is 15.8. The van der Waals surface area contributed by atoms with Crippen LogP contribution in [0.2, 0.25) is 0 Å². The molecule has 0 spiro atoms. The second-order valence-electron chi connectivity index (χ2n) is 3.27. The van der Waals surface area contributed by atoms with E-state index in [0.717, 1.165) is 6.42 Å². The van der Waals surface area contributed by atoms with Crippen molar-refractivity contribution >= 4 is 23.5 Å². The third-order valence-corrected chi connectivity index (χ3v) is 2.09. The molecule has 7 nitrogen and oxygen atoms in total. The highest BCUT2D eigenvalue weighted by Crippen LogP contribution is 2.25. The number of hydrogen-bond donors (Lipinski definition) is 1. The molecule has 80 valence electrons. The third-order valence-electron chi connectivity index (χ3n) is 2.09. The first-order valence-electron chi connectivity index (χ1n) is 4.59. The van der Waals surface area contributed by atoms with Crippen molar-refractivity contribution in [2.24, 2.45) is 0 Å². The number of hydrogen-bond acceptors (Lipinski definition) is 5. The lowest BCUT2D eigenvalue weighted by atomic mass is 10.4. The molecule has 0 atom stereocenters. The van der Waals surface area contributed by atoms with Gasteiger partial charge >= 0.3 is 0 Å². The minimum Gasteiger partial charge on any atom is -0.305 e. The number of carbonyl (C=O) groups excluding carboxylic acids is 2. The number of anilines is 2. The average Bonchev–Trinajstić information content (AvgIpc) is 2.73. The maximum Gasteiger partial charge on any atom is 0.228 e. The zero-order chi connectivity index (χ0) is 10.8. The lowest BCUT2D eigenvalue weighted by molar-refractivity contribution is -0.117. The largest absolute Gasteiger partial charge is 0.305 e. The summed E-state index contributed by atoms with van der Waals surface area (Å²) in [5.74, 6) is 0.168. The Bertz CT molecular complexity index is 400. The Morgan fingerprint density at radius 3 is 2.93 bits per heavy atom. The summed E-state index contributed by atoms with van der Waals surface area (Å²) in [5.41, 5.74) is 0. The summed E-state index contributed by atoms with van der Waals surface area (Å²) in [7, 11) is 0. The van der Waals surface area contributed by atoms with E-state index < -0.39 is 0 Å².